The van der Waals surface area contributed by atoms with Gasteiger partial charge in [-0.05, 0) is 35.8 Å². The lowest BCUT2D eigenvalue weighted by molar-refractivity contribution is 0.0525. The summed E-state index contributed by atoms with van der Waals surface area (Å²) in [5.41, 5.74) is 0.866. The molecule has 0 saturated carbocycles. The van der Waals surface area contributed by atoms with Gasteiger partial charge in [0, 0.05) is 10.0 Å². The van der Waals surface area contributed by atoms with Crippen LogP contribution in [0.1, 0.15) is 34.6 Å². The fourth-order valence-corrected chi connectivity index (χ4v) is 1.88. The minimum Gasteiger partial charge on any atom is -0.462 e. The molecule has 3 nitrogen and oxygen atoms in total. The first kappa shape index (κ1) is 11.9. The first-order chi connectivity index (χ1) is 7.07. The fourth-order valence-electron chi connectivity index (χ4n) is 1.17. The van der Waals surface area contributed by atoms with Crippen molar-refractivity contribution in [1.29, 1.82) is 0 Å². The number of carbonyl (C=O) groups excluding carboxylic acids is 2. The van der Waals surface area contributed by atoms with Crippen molar-refractivity contribution in [3.05, 3.63) is 33.8 Å². The highest BCUT2D eigenvalue weighted by Gasteiger charge is 2.15. The molecule has 4 heteroatoms. The largest absolute Gasteiger partial charge is 0.462 e. The van der Waals surface area contributed by atoms with E-state index < -0.39 is 5.97 Å². The Kier molecular flexibility index (Phi) is 4.03. The van der Waals surface area contributed by atoms with Gasteiger partial charge in [-0.25, -0.2) is 4.79 Å². The Bertz CT molecular complexity index is 399. The average Bonchev–Trinajstić information content (AvgIpc) is 2.17. The van der Waals surface area contributed by atoms with Gasteiger partial charge < -0.3 is 4.74 Å². The molecule has 0 unspecified atom stereocenters. The third-order valence-corrected chi connectivity index (χ3v) is 2.73. The molecule has 0 saturated heterocycles. The molecule has 1 rings (SSSR count). The van der Waals surface area contributed by atoms with E-state index in [0.29, 0.717) is 22.2 Å². The van der Waals surface area contributed by atoms with Crippen LogP contribution in [0.5, 0.6) is 0 Å². The molecule has 0 aliphatic heterocycles. The Morgan fingerprint density at radius 2 is 1.93 bits per heavy atom. The lowest BCUT2D eigenvalue weighted by Gasteiger charge is -2.06. The molecule has 0 N–H and O–H groups in total. The Balaban J connectivity index is 3.15. The summed E-state index contributed by atoms with van der Waals surface area (Å²) in [7, 11) is 0. The maximum atomic E-state index is 11.5. The van der Waals surface area contributed by atoms with E-state index in [1.807, 2.05) is 0 Å². The number of carbonyl (C=O) groups is 2. The second-order valence-electron chi connectivity index (χ2n) is 2.94. The van der Waals surface area contributed by atoms with Gasteiger partial charge in [0.25, 0.3) is 0 Å². The Morgan fingerprint density at radius 3 is 2.47 bits per heavy atom. The van der Waals surface area contributed by atoms with Gasteiger partial charge in [-0.1, -0.05) is 12.1 Å². The molecule has 80 valence electrons. The van der Waals surface area contributed by atoms with E-state index in [2.05, 4.69) is 15.9 Å². The van der Waals surface area contributed by atoms with Crippen LogP contribution in [0.2, 0.25) is 0 Å². The SMILES string of the molecule is CCOC(=O)c1cccc(C(C)=O)c1Br. The average molecular weight is 271 g/mol. The smallest absolute Gasteiger partial charge is 0.339 e. The minimum atomic E-state index is -0.424. The summed E-state index contributed by atoms with van der Waals surface area (Å²) in [4.78, 5) is 22.7. The molecular formula is C11H11BrO3. The molecule has 0 fully saturated rings. The van der Waals surface area contributed by atoms with Gasteiger partial charge in [0.1, 0.15) is 0 Å². The molecule has 0 aromatic heterocycles. The lowest BCUT2D eigenvalue weighted by atomic mass is 10.1. The molecule has 15 heavy (non-hydrogen) atoms. The van der Waals surface area contributed by atoms with Crippen LogP contribution in [0.3, 0.4) is 0 Å². The maximum absolute atomic E-state index is 11.5. The van der Waals surface area contributed by atoms with Crippen molar-refractivity contribution in [3.8, 4) is 0 Å². The number of halogens is 1. The van der Waals surface area contributed by atoms with Crippen LogP contribution in [-0.4, -0.2) is 18.4 Å². The number of hydrogen-bond acceptors (Lipinski definition) is 3. The monoisotopic (exact) mass is 270 g/mol. The van der Waals surface area contributed by atoms with Gasteiger partial charge in [0.05, 0.1) is 12.2 Å². The minimum absolute atomic E-state index is 0.0898. The molecule has 0 heterocycles. The van der Waals surface area contributed by atoms with Crippen molar-refractivity contribution in [2.75, 3.05) is 6.61 Å². The van der Waals surface area contributed by atoms with Gasteiger partial charge in [-0.15, -0.1) is 0 Å². The van der Waals surface area contributed by atoms with Gasteiger partial charge in [0.2, 0.25) is 0 Å². The van der Waals surface area contributed by atoms with Crippen LogP contribution >= 0.6 is 15.9 Å². The second-order valence-corrected chi connectivity index (χ2v) is 3.74. The molecule has 0 amide bonds. The van der Waals surface area contributed by atoms with Gasteiger partial charge in [0.15, 0.2) is 5.78 Å². The van der Waals surface area contributed by atoms with Crippen molar-refractivity contribution < 1.29 is 14.3 Å². The quantitative estimate of drug-likeness (QED) is 0.627. The fraction of sp³-hybridized carbons (Fsp3) is 0.273. The predicted molar refractivity (Wildman–Crippen MR) is 60.1 cm³/mol. The van der Waals surface area contributed by atoms with Crippen molar-refractivity contribution in [1.82, 2.24) is 0 Å². The summed E-state index contributed by atoms with van der Waals surface area (Å²) in [5, 5.41) is 0. The Morgan fingerprint density at radius 1 is 1.33 bits per heavy atom. The summed E-state index contributed by atoms with van der Waals surface area (Å²) in [6, 6.07) is 4.94. The van der Waals surface area contributed by atoms with Crippen molar-refractivity contribution >= 4 is 27.7 Å². The molecular weight excluding hydrogens is 260 g/mol. The summed E-state index contributed by atoms with van der Waals surface area (Å²) in [6.45, 7) is 3.51. The summed E-state index contributed by atoms with van der Waals surface area (Å²) < 4.78 is 5.36. The number of rotatable bonds is 3. The van der Waals surface area contributed by atoms with Crippen molar-refractivity contribution in [2.24, 2.45) is 0 Å². The molecule has 0 atom stereocenters. The Hall–Kier alpha value is -1.16. The highest BCUT2D eigenvalue weighted by Crippen LogP contribution is 2.23. The standard InChI is InChI=1S/C11H11BrO3/c1-3-15-11(14)9-6-4-5-8(7(2)13)10(9)12/h4-6H,3H2,1-2H3. The van der Waals surface area contributed by atoms with E-state index >= 15 is 0 Å². The summed E-state index contributed by atoms with van der Waals surface area (Å²) in [6.07, 6.45) is 0. The molecule has 1 aromatic carbocycles. The molecule has 0 aliphatic carbocycles. The van der Waals surface area contributed by atoms with Crippen LogP contribution in [0.15, 0.2) is 22.7 Å². The van der Waals surface area contributed by atoms with Crippen molar-refractivity contribution in [3.63, 3.8) is 0 Å². The third-order valence-electron chi connectivity index (χ3n) is 1.87. The summed E-state index contributed by atoms with van der Waals surface area (Å²) in [5.74, 6) is -0.513. The first-order valence-corrected chi connectivity index (χ1v) is 5.33. The molecule has 1 aromatic rings. The van der Waals surface area contributed by atoms with Gasteiger partial charge in [-0.2, -0.15) is 0 Å². The van der Waals surface area contributed by atoms with Gasteiger partial charge in [-0.3, -0.25) is 4.79 Å². The molecule has 0 spiro atoms. The second kappa shape index (κ2) is 5.07. The maximum Gasteiger partial charge on any atom is 0.339 e. The highest BCUT2D eigenvalue weighted by molar-refractivity contribution is 9.10. The number of Topliss-reactive ketones (excluding diaryl/α,β-unsaturated/α-hetero) is 1. The van der Waals surface area contributed by atoms with Crippen LogP contribution < -0.4 is 0 Å². The van der Waals surface area contributed by atoms with E-state index in [1.54, 1.807) is 25.1 Å². The Labute approximate surface area is 96.6 Å². The normalized spacial score (nSPS) is 9.80. The van der Waals surface area contributed by atoms with E-state index in [-0.39, 0.29) is 5.78 Å². The van der Waals surface area contributed by atoms with E-state index in [1.165, 1.54) is 6.92 Å². The van der Waals surface area contributed by atoms with E-state index in [4.69, 9.17) is 4.74 Å². The van der Waals surface area contributed by atoms with Crippen LogP contribution in [0, 0.1) is 0 Å². The van der Waals surface area contributed by atoms with E-state index in [9.17, 15) is 9.59 Å². The zero-order chi connectivity index (χ0) is 11.4. The molecule has 0 bridgehead atoms. The molecule has 0 radical (unpaired) electrons. The van der Waals surface area contributed by atoms with Crippen LogP contribution in [0.4, 0.5) is 0 Å². The molecule has 0 aliphatic rings. The zero-order valence-corrected chi connectivity index (χ0v) is 10.1. The zero-order valence-electron chi connectivity index (χ0n) is 8.54. The topological polar surface area (TPSA) is 43.4 Å². The lowest BCUT2D eigenvalue weighted by Crippen LogP contribution is -2.07. The van der Waals surface area contributed by atoms with Crippen LogP contribution in [0.25, 0.3) is 0 Å². The highest BCUT2D eigenvalue weighted by atomic mass is 79.9. The first-order valence-electron chi connectivity index (χ1n) is 4.54. The number of ketones is 1. The van der Waals surface area contributed by atoms with Gasteiger partial charge >= 0.3 is 5.97 Å². The predicted octanol–water partition coefficient (Wildman–Crippen LogP) is 2.83. The number of esters is 1. The van der Waals surface area contributed by atoms with Crippen LogP contribution in [-0.2, 0) is 4.74 Å². The number of hydrogen-bond donors (Lipinski definition) is 0. The number of ether oxygens (including phenoxy) is 1. The third kappa shape index (κ3) is 2.65. The summed E-state index contributed by atoms with van der Waals surface area (Å²) >= 11 is 3.23. The van der Waals surface area contributed by atoms with E-state index in [0.717, 1.165) is 0 Å². The number of benzene rings is 1. The van der Waals surface area contributed by atoms with Crippen molar-refractivity contribution in [2.45, 2.75) is 13.8 Å².